The predicted molar refractivity (Wildman–Crippen MR) is 72.3 cm³/mol. The van der Waals surface area contributed by atoms with Crippen molar-refractivity contribution in [3.63, 3.8) is 0 Å². The Morgan fingerprint density at radius 3 is 2.47 bits per heavy atom. The van der Waals surface area contributed by atoms with Crippen molar-refractivity contribution < 1.29 is 0 Å². The van der Waals surface area contributed by atoms with E-state index in [4.69, 9.17) is 5.73 Å². The van der Waals surface area contributed by atoms with Crippen molar-refractivity contribution >= 4 is 16.5 Å². The Bertz CT molecular complexity index is 633. The maximum absolute atomic E-state index is 12.1. The monoisotopic (exact) mass is 230 g/mol. The average Bonchev–Trinajstić information content (AvgIpc) is 2.22. The van der Waals surface area contributed by atoms with E-state index in [1.807, 2.05) is 24.4 Å². The van der Waals surface area contributed by atoms with Crippen LogP contribution in [0.5, 0.6) is 0 Å². The van der Waals surface area contributed by atoms with Gasteiger partial charge >= 0.3 is 0 Å². The molecule has 0 unspecified atom stereocenters. The minimum Gasteiger partial charge on any atom is -0.398 e. The predicted octanol–water partition coefficient (Wildman–Crippen LogP) is 2.42. The first kappa shape index (κ1) is 11.7. The Kier molecular flexibility index (Phi) is 2.49. The van der Waals surface area contributed by atoms with E-state index >= 15 is 0 Å². The van der Waals surface area contributed by atoms with Crippen molar-refractivity contribution in [3.8, 4) is 0 Å². The number of pyridine rings is 1. The van der Waals surface area contributed by atoms with Gasteiger partial charge in [0.1, 0.15) is 0 Å². The Morgan fingerprint density at radius 2 is 1.88 bits per heavy atom. The molecule has 3 heteroatoms. The molecule has 1 aromatic carbocycles. The molecule has 90 valence electrons. The van der Waals surface area contributed by atoms with Crippen LogP contribution < -0.4 is 11.3 Å². The standard InChI is InChI=1S/C14H18N2O/c1-14(2,3)10-8-16(4)13(17)9-6-5-7-11(15)12(9)10/h5-8H,15H2,1-4H3. The maximum Gasteiger partial charge on any atom is 0.258 e. The highest BCUT2D eigenvalue weighted by molar-refractivity contribution is 5.95. The topological polar surface area (TPSA) is 48.0 Å². The van der Waals surface area contributed by atoms with Crippen LogP contribution in [0.1, 0.15) is 26.3 Å². The molecular formula is C14H18N2O. The summed E-state index contributed by atoms with van der Waals surface area (Å²) in [6.07, 6.45) is 1.89. The van der Waals surface area contributed by atoms with Gasteiger partial charge in [0.15, 0.2) is 0 Å². The second-order valence-corrected chi connectivity index (χ2v) is 5.48. The zero-order valence-electron chi connectivity index (χ0n) is 10.7. The molecule has 0 fully saturated rings. The molecule has 0 spiro atoms. The van der Waals surface area contributed by atoms with Crippen molar-refractivity contribution in [2.45, 2.75) is 26.2 Å². The molecule has 0 aliphatic carbocycles. The summed E-state index contributed by atoms with van der Waals surface area (Å²) in [4.78, 5) is 12.1. The van der Waals surface area contributed by atoms with Gasteiger partial charge in [0.05, 0.1) is 0 Å². The van der Waals surface area contributed by atoms with Crippen LogP contribution in [0, 0.1) is 0 Å². The number of aryl methyl sites for hydroxylation is 1. The molecule has 1 aromatic heterocycles. The van der Waals surface area contributed by atoms with Gasteiger partial charge < -0.3 is 10.3 Å². The first-order valence-electron chi connectivity index (χ1n) is 5.70. The van der Waals surface area contributed by atoms with Crippen molar-refractivity contribution in [1.29, 1.82) is 0 Å². The second kappa shape index (κ2) is 3.62. The van der Waals surface area contributed by atoms with Crippen molar-refractivity contribution in [1.82, 2.24) is 4.57 Å². The summed E-state index contributed by atoms with van der Waals surface area (Å²) in [6.45, 7) is 6.37. The third-order valence-electron chi connectivity index (χ3n) is 3.05. The van der Waals surface area contributed by atoms with E-state index in [1.54, 1.807) is 11.6 Å². The highest BCUT2D eigenvalue weighted by Gasteiger charge is 2.20. The van der Waals surface area contributed by atoms with Gasteiger partial charge in [-0.05, 0) is 23.1 Å². The Morgan fingerprint density at radius 1 is 1.24 bits per heavy atom. The van der Waals surface area contributed by atoms with E-state index in [2.05, 4.69) is 20.8 Å². The number of rotatable bonds is 0. The molecule has 3 nitrogen and oxygen atoms in total. The summed E-state index contributed by atoms with van der Waals surface area (Å²) in [7, 11) is 1.78. The molecule has 2 aromatic rings. The fraction of sp³-hybridized carbons (Fsp3) is 0.357. The maximum atomic E-state index is 12.1. The molecule has 17 heavy (non-hydrogen) atoms. The zero-order valence-corrected chi connectivity index (χ0v) is 10.7. The Labute approximate surface area is 101 Å². The van der Waals surface area contributed by atoms with Crippen LogP contribution >= 0.6 is 0 Å². The van der Waals surface area contributed by atoms with Gasteiger partial charge in [0.2, 0.25) is 0 Å². The molecule has 2 rings (SSSR count). The SMILES string of the molecule is Cn1cc(C(C)(C)C)c2c(N)cccc2c1=O. The number of aromatic nitrogens is 1. The highest BCUT2D eigenvalue weighted by atomic mass is 16.1. The molecule has 0 amide bonds. The molecule has 0 aliphatic rings. The van der Waals surface area contributed by atoms with Crippen LogP contribution in [-0.4, -0.2) is 4.57 Å². The fourth-order valence-corrected chi connectivity index (χ4v) is 2.12. The summed E-state index contributed by atoms with van der Waals surface area (Å²) < 4.78 is 1.63. The summed E-state index contributed by atoms with van der Waals surface area (Å²) in [6, 6.07) is 5.51. The minimum atomic E-state index is -0.0425. The van der Waals surface area contributed by atoms with Gasteiger partial charge in [-0.3, -0.25) is 4.79 Å². The van der Waals surface area contributed by atoms with Crippen LogP contribution in [0.3, 0.4) is 0 Å². The smallest absolute Gasteiger partial charge is 0.258 e. The number of nitrogens with two attached hydrogens (primary N) is 1. The molecule has 2 N–H and O–H groups in total. The second-order valence-electron chi connectivity index (χ2n) is 5.48. The molecule has 0 atom stereocenters. The van der Waals surface area contributed by atoms with Crippen LogP contribution in [0.15, 0.2) is 29.2 Å². The fourth-order valence-electron chi connectivity index (χ4n) is 2.12. The number of nitrogens with zero attached hydrogens (tertiary/aromatic N) is 1. The van der Waals surface area contributed by atoms with Crippen molar-refractivity contribution in [2.24, 2.45) is 7.05 Å². The molecule has 0 aliphatic heterocycles. The van der Waals surface area contributed by atoms with E-state index in [1.165, 1.54) is 0 Å². The third kappa shape index (κ3) is 1.82. The van der Waals surface area contributed by atoms with E-state index in [-0.39, 0.29) is 11.0 Å². The van der Waals surface area contributed by atoms with Crippen molar-refractivity contribution in [3.05, 3.63) is 40.3 Å². The normalized spacial score (nSPS) is 12.0. The largest absolute Gasteiger partial charge is 0.398 e. The van der Waals surface area contributed by atoms with Crippen LogP contribution in [0.4, 0.5) is 5.69 Å². The lowest BCUT2D eigenvalue weighted by atomic mass is 9.84. The summed E-state index contributed by atoms with van der Waals surface area (Å²) in [5.41, 5.74) is 7.76. The first-order valence-corrected chi connectivity index (χ1v) is 5.70. The number of hydrogen-bond donors (Lipinski definition) is 1. The van der Waals surface area contributed by atoms with Crippen molar-refractivity contribution in [2.75, 3.05) is 5.73 Å². The summed E-state index contributed by atoms with van der Waals surface area (Å²) in [5, 5.41) is 1.59. The van der Waals surface area contributed by atoms with Gasteiger partial charge in [0.25, 0.3) is 5.56 Å². The van der Waals surface area contributed by atoms with Gasteiger partial charge in [-0.25, -0.2) is 0 Å². The third-order valence-corrected chi connectivity index (χ3v) is 3.05. The Balaban J connectivity index is 3.05. The van der Waals surface area contributed by atoms with Gasteiger partial charge in [-0.2, -0.15) is 0 Å². The minimum absolute atomic E-state index is 0.000278. The quantitative estimate of drug-likeness (QED) is 0.706. The number of benzene rings is 1. The summed E-state index contributed by atoms with van der Waals surface area (Å²) >= 11 is 0. The van der Waals surface area contributed by atoms with E-state index < -0.39 is 0 Å². The average molecular weight is 230 g/mol. The van der Waals surface area contributed by atoms with Crippen LogP contribution in [0.25, 0.3) is 10.8 Å². The van der Waals surface area contributed by atoms with Gasteiger partial charge in [-0.1, -0.05) is 26.8 Å². The van der Waals surface area contributed by atoms with Gasteiger partial charge in [-0.15, -0.1) is 0 Å². The molecule has 1 heterocycles. The van der Waals surface area contributed by atoms with Crippen LogP contribution in [0.2, 0.25) is 0 Å². The molecular weight excluding hydrogens is 212 g/mol. The number of fused-ring (bicyclic) bond motifs is 1. The lowest BCUT2D eigenvalue weighted by Crippen LogP contribution is -2.22. The number of anilines is 1. The summed E-state index contributed by atoms with van der Waals surface area (Å²) in [5.74, 6) is 0. The molecule has 0 bridgehead atoms. The highest BCUT2D eigenvalue weighted by Crippen LogP contribution is 2.31. The molecule has 0 saturated carbocycles. The van der Waals surface area contributed by atoms with E-state index in [0.717, 1.165) is 10.9 Å². The van der Waals surface area contributed by atoms with Crippen LogP contribution in [-0.2, 0) is 12.5 Å². The number of nitrogen functional groups attached to an aromatic ring is 1. The first-order chi connectivity index (χ1) is 7.82. The van der Waals surface area contributed by atoms with Gasteiger partial charge in [0, 0.05) is 29.7 Å². The Hall–Kier alpha value is -1.77. The molecule has 0 saturated heterocycles. The lowest BCUT2D eigenvalue weighted by Gasteiger charge is -2.23. The lowest BCUT2D eigenvalue weighted by molar-refractivity contribution is 0.587. The van der Waals surface area contributed by atoms with E-state index in [0.29, 0.717) is 11.1 Å². The van der Waals surface area contributed by atoms with E-state index in [9.17, 15) is 4.79 Å². The zero-order chi connectivity index (χ0) is 12.8. The number of hydrogen-bond acceptors (Lipinski definition) is 2. The molecule has 0 radical (unpaired) electrons.